The molecule has 1 saturated heterocycles. The number of benzene rings is 1. The summed E-state index contributed by atoms with van der Waals surface area (Å²) in [5.41, 5.74) is -0.223. The third-order valence-electron chi connectivity index (χ3n) is 2.51. The fraction of sp³-hybridized carbons (Fsp3) is 0.462. The van der Waals surface area contributed by atoms with E-state index in [2.05, 4.69) is 6.07 Å². The van der Waals surface area contributed by atoms with E-state index in [9.17, 15) is 4.79 Å². The number of para-hydroxylation sites is 1. The average Bonchev–Trinajstić information content (AvgIpc) is 2.40. The number of carbonyl (C=O) groups excluding carboxylic acids is 1. The van der Waals surface area contributed by atoms with Gasteiger partial charge in [0.2, 0.25) is 0 Å². The van der Waals surface area contributed by atoms with Crippen molar-refractivity contribution in [3.05, 3.63) is 30.3 Å². The molecule has 1 atom stereocenters. The fourth-order valence-corrected chi connectivity index (χ4v) is 2.38. The highest BCUT2D eigenvalue weighted by Gasteiger charge is 2.20. The Bertz CT molecular complexity index is 379. The van der Waals surface area contributed by atoms with Crippen LogP contribution in [-0.2, 0) is 4.74 Å². The first-order valence-corrected chi connectivity index (χ1v) is 6.80. The van der Waals surface area contributed by atoms with Crippen molar-refractivity contribution in [3.8, 4) is 5.75 Å². The van der Waals surface area contributed by atoms with Crippen molar-refractivity contribution in [1.29, 1.82) is 0 Å². The van der Waals surface area contributed by atoms with Crippen molar-refractivity contribution >= 4 is 17.0 Å². The zero-order valence-electron chi connectivity index (χ0n) is 10.3. The minimum atomic E-state index is -0.223. The average molecular weight is 266 g/mol. The van der Waals surface area contributed by atoms with Gasteiger partial charge in [-0.2, -0.15) is 0 Å². The highest BCUT2D eigenvalue weighted by atomic mass is 32.2. The third kappa shape index (κ3) is 3.92. The SMILES string of the molecule is CC(Oc1[c]cccc1)SC(=O)N1CCOCC1. The summed E-state index contributed by atoms with van der Waals surface area (Å²) in [6.07, 6.45) is 0. The monoisotopic (exact) mass is 266 g/mol. The molecule has 0 bridgehead atoms. The molecule has 1 heterocycles. The van der Waals surface area contributed by atoms with E-state index in [-0.39, 0.29) is 10.7 Å². The number of nitrogens with zero attached hydrogens (tertiary/aromatic N) is 1. The smallest absolute Gasteiger partial charge is 0.285 e. The summed E-state index contributed by atoms with van der Waals surface area (Å²) in [5.74, 6) is 0.660. The van der Waals surface area contributed by atoms with Gasteiger partial charge in [0.1, 0.15) is 5.75 Å². The predicted molar refractivity (Wildman–Crippen MR) is 70.7 cm³/mol. The minimum absolute atomic E-state index is 0.0433. The largest absolute Gasteiger partial charge is 0.479 e. The van der Waals surface area contributed by atoms with Gasteiger partial charge in [-0.3, -0.25) is 4.79 Å². The number of hydrogen-bond donors (Lipinski definition) is 0. The van der Waals surface area contributed by atoms with E-state index in [4.69, 9.17) is 9.47 Å². The van der Waals surface area contributed by atoms with Gasteiger partial charge in [-0.05, 0) is 24.8 Å². The molecular formula is C13H16NO3S. The molecule has 1 aliphatic rings. The van der Waals surface area contributed by atoms with Crippen molar-refractivity contribution < 1.29 is 14.3 Å². The molecule has 1 amide bonds. The normalized spacial score (nSPS) is 17.3. The number of morpholine rings is 1. The summed E-state index contributed by atoms with van der Waals surface area (Å²) < 4.78 is 10.8. The van der Waals surface area contributed by atoms with E-state index in [0.717, 1.165) is 0 Å². The Labute approximate surface area is 111 Å². The molecule has 1 aliphatic heterocycles. The van der Waals surface area contributed by atoms with Crippen LogP contribution < -0.4 is 4.74 Å². The van der Waals surface area contributed by atoms with E-state index in [0.29, 0.717) is 32.1 Å². The summed E-state index contributed by atoms with van der Waals surface area (Å²) in [7, 11) is 0. The Balaban J connectivity index is 1.79. The van der Waals surface area contributed by atoms with Crippen LogP contribution in [0.5, 0.6) is 5.75 Å². The molecule has 1 radical (unpaired) electrons. The fourth-order valence-electron chi connectivity index (χ4n) is 1.62. The van der Waals surface area contributed by atoms with E-state index >= 15 is 0 Å². The summed E-state index contributed by atoms with van der Waals surface area (Å²) in [6.45, 7) is 4.43. The van der Waals surface area contributed by atoms with Crippen LogP contribution in [0.1, 0.15) is 6.92 Å². The summed E-state index contributed by atoms with van der Waals surface area (Å²) >= 11 is 1.19. The van der Waals surface area contributed by atoms with Crippen LogP contribution in [-0.4, -0.2) is 41.9 Å². The summed E-state index contributed by atoms with van der Waals surface area (Å²) in [5, 5.41) is 0.0433. The third-order valence-corrected chi connectivity index (χ3v) is 3.40. The molecule has 4 nitrogen and oxygen atoms in total. The van der Waals surface area contributed by atoms with Gasteiger partial charge >= 0.3 is 0 Å². The molecule has 1 aromatic carbocycles. The van der Waals surface area contributed by atoms with E-state index in [1.54, 1.807) is 11.0 Å². The van der Waals surface area contributed by atoms with Crippen LogP contribution in [0.3, 0.4) is 0 Å². The Morgan fingerprint density at radius 1 is 1.50 bits per heavy atom. The molecular weight excluding hydrogens is 250 g/mol. The second kappa shape index (κ2) is 6.66. The lowest BCUT2D eigenvalue weighted by molar-refractivity contribution is 0.0592. The number of amides is 1. The van der Waals surface area contributed by atoms with Crippen LogP contribution in [0.15, 0.2) is 24.3 Å². The Kier molecular flexibility index (Phi) is 4.90. The second-order valence-electron chi connectivity index (χ2n) is 3.90. The Morgan fingerprint density at radius 2 is 2.28 bits per heavy atom. The van der Waals surface area contributed by atoms with Crippen LogP contribution in [0.4, 0.5) is 4.79 Å². The number of thioether (sulfide) groups is 1. The molecule has 0 aromatic heterocycles. The molecule has 97 valence electrons. The first kappa shape index (κ1) is 13.2. The van der Waals surface area contributed by atoms with Crippen molar-refractivity contribution in [3.63, 3.8) is 0 Å². The quantitative estimate of drug-likeness (QED) is 0.787. The Morgan fingerprint density at radius 3 is 2.94 bits per heavy atom. The topological polar surface area (TPSA) is 38.8 Å². The summed E-state index contributed by atoms with van der Waals surface area (Å²) in [4.78, 5) is 13.7. The first-order chi connectivity index (χ1) is 8.75. The highest BCUT2D eigenvalue weighted by molar-refractivity contribution is 8.13. The molecule has 0 aliphatic carbocycles. The molecule has 1 aromatic rings. The number of carbonyl (C=O) groups is 1. The number of rotatable bonds is 3. The van der Waals surface area contributed by atoms with Crippen molar-refractivity contribution in [2.24, 2.45) is 0 Å². The van der Waals surface area contributed by atoms with Crippen molar-refractivity contribution in [2.45, 2.75) is 12.4 Å². The lowest BCUT2D eigenvalue weighted by atomic mass is 10.3. The molecule has 18 heavy (non-hydrogen) atoms. The van der Waals surface area contributed by atoms with Gasteiger partial charge in [-0.15, -0.1) is 0 Å². The van der Waals surface area contributed by atoms with Crippen LogP contribution in [0.25, 0.3) is 0 Å². The van der Waals surface area contributed by atoms with Crippen LogP contribution >= 0.6 is 11.8 Å². The lowest BCUT2D eigenvalue weighted by Gasteiger charge is -2.27. The van der Waals surface area contributed by atoms with Crippen molar-refractivity contribution in [2.75, 3.05) is 26.3 Å². The highest BCUT2D eigenvalue weighted by Crippen LogP contribution is 2.20. The first-order valence-electron chi connectivity index (χ1n) is 5.92. The van der Waals surface area contributed by atoms with Gasteiger partial charge in [-0.1, -0.05) is 18.2 Å². The molecule has 0 spiro atoms. The van der Waals surface area contributed by atoms with Gasteiger partial charge in [0, 0.05) is 19.2 Å². The van der Waals surface area contributed by atoms with E-state index in [1.807, 2.05) is 25.1 Å². The molecule has 0 saturated carbocycles. The molecule has 1 fully saturated rings. The maximum absolute atomic E-state index is 11.9. The second-order valence-corrected chi connectivity index (χ2v) is 5.14. The molecule has 5 heteroatoms. The van der Waals surface area contributed by atoms with E-state index in [1.165, 1.54) is 11.8 Å². The van der Waals surface area contributed by atoms with Crippen LogP contribution in [0, 0.1) is 6.07 Å². The standard InChI is InChI=1S/C13H16NO3S/c1-11(17-12-5-3-2-4-6-12)18-13(15)14-7-9-16-10-8-14/h2-5,11H,7-10H2,1H3. The zero-order valence-corrected chi connectivity index (χ0v) is 11.1. The maximum atomic E-state index is 11.9. The predicted octanol–water partition coefficient (Wildman–Crippen LogP) is 2.40. The number of ether oxygens (including phenoxy) is 2. The number of hydrogen-bond acceptors (Lipinski definition) is 4. The molecule has 0 N–H and O–H groups in total. The van der Waals surface area contributed by atoms with Gasteiger partial charge in [0.15, 0.2) is 5.44 Å². The molecule has 1 unspecified atom stereocenters. The lowest BCUT2D eigenvalue weighted by Crippen LogP contribution is -2.39. The van der Waals surface area contributed by atoms with Crippen LogP contribution in [0.2, 0.25) is 0 Å². The zero-order chi connectivity index (χ0) is 12.8. The van der Waals surface area contributed by atoms with Gasteiger partial charge in [0.25, 0.3) is 5.24 Å². The minimum Gasteiger partial charge on any atom is -0.479 e. The van der Waals surface area contributed by atoms with Gasteiger partial charge in [0.05, 0.1) is 13.2 Å². The van der Waals surface area contributed by atoms with Gasteiger partial charge in [-0.25, -0.2) is 0 Å². The maximum Gasteiger partial charge on any atom is 0.285 e. The van der Waals surface area contributed by atoms with E-state index < -0.39 is 0 Å². The van der Waals surface area contributed by atoms with Gasteiger partial charge < -0.3 is 14.4 Å². The van der Waals surface area contributed by atoms with Crippen molar-refractivity contribution in [1.82, 2.24) is 4.90 Å². The summed E-state index contributed by atoms with van der Waals surface area (Å²) in [6, 6.07) is 10.3. The Hall–Kier alpha value is -1.20. The molecule has 2 rings (SSSR count).